The summed E-state index contributed by atoms with van der Waals surface area (Å²) in [4.78, 5) is 23.2. The lowest BCUT2D eigenvalue weighted by atomic mass is 10.0. The van der Waals surface area contributed by atoms with Crippen molar-refractivity contribution in [3.63, 3.8) is 0 Å². The van der Waals surface area contributed by atoms with Gasteiger partial charge in [-0.05, 0) is 46.5 Å². The maximum atomic E-state index is 11.8. The Kier molecular flexibility index (Phi) is 5.32. The summed E-state index contributed by atoms with van der Waals surface area (Å²) in [6, 6.07) is -1.05. The topological polar surface area (TPSA) is 121 Å². The standard InChI is InChI=1S/C20H28N2O6/c1-20(2,3)28-19(27)21-13(18(25)26)6-4-5-9-22-16(23)14-11-7-8-12(10-11)15(14)17(22)24/h7-8,11-13,23-24H,4-6,9-10H2,1-3H3,(H,21,27)(H,25,26). The molecule has 4 N–H and O–H groups in total. The molecule has 1 aromatic heterocycles. The van der Waals surface area contributed by atoms with Crippen molar-refractivity contribution in [2.45, 2.75) is 76.5 Å². The molecule has 8 heteroatoms. The number of aromatic nitrogens is 1. The molecule has 0 aliphatic heterocycles. The molecule has 1 heterocycles. The second-order valence-electron chi connectivity index (χ2n) is 8.49. The number of alkyl carbamates (subject to hydrolysis) is 1. The van der Waals surface area contributed by atoms with E-state index >= 15 is 0 Å². The first-order valence-electron chi connectivity index (χ1n) is 9.63. The van der Waals surface area contributed by atoms with Gasteiger partial charge in [0.2, 0.25) is 0 Å². The van der Waals surface area contributed by atoms with Gasteiger partial charge in [-0.25, -0.2) is 9.59 Å². The Balaban J connectivity index is 1.53. The number of nitrogens with zero attached hydrogens (tertiary/aromatic N) is 1. The summed E-state index contributed by atoms with van der Waals surface area (Å²) in [7, 11) is 0. The molecule has 3 unspecified atom stereocenters. The molecule has 1 aromatic rings. The molecule has 0 spiro atoms. The van der Waals surface area contributed by atoms with Crippen LogP contribution in [0.4, 0.5) is 4.79 Å². The van der Waals surface area contributed by atoms with Crippen LogP contribution in [0.15, 0.2) is 12.2 Å². The van der Waals surface area contributed by atoms with Gasteiger partial charge >= 0.3 is 12.1 Å². The molecule has 0 saturated carbocycles. The van der Waals surface area contributed by atoms with Crippen molar-refractivity contribution in [2.24, 2.45) is 0 Å². The van der Waals surface area contributed by atoms with E-state index in [1.54, 1.807) is 20.8 Å². The largest absolute Gasteiger partial charge is 0.494 e. The Morgan fingerprint density at radius 2 is 1.75 bits per heavy atom. The predicted octanol–water partition coefficient (Wildman–Crippen LogP) is 3.19. The number of fused-ring (bicyclic) bond motifs is 5. The maximum absolute atomic E-state index is 11.8. The van der Waals surface area contributed by atoms with Crippen LogP contribution < -0.4 is 5.32 Å². The molecule has 0 aromatic carbocycles. The van der Waals surface area contributed by atoms with Crippen LogP contribution in [0.2, 0.25) is 0 Å². The van der Waals surface area contributed by atoms with Gasteiger partial charge in [0.1, 0.15) is 11.6 Å². The van der Waals surface area contributed by atoms with Crippen molar-refractivity contribution in [2.75, 3.05) is 0 Å². The lowest BCUT2D eigenvalue weighted by Gasteiger charge is -2.22. The van der Waals surface area contributed by atoms with E-state index in [2.05, 4.69) is 17.5 Å². The molecule has 0 radical (unpaired) electrons. The number of allylic oxidation sites excluding steroid dienone is 2. The number of amides is 1. The van der Waals surface area contributed by atoms with E-state index in [4.69, 9.17) is 4.74 Å². The smallest absolute Gasteiger partial charge is 0.408 e. The second kappa shape index (κ2) is 7.41. The summed E-state index contributed by atoms with van der Waals surface area (Å²) in [6.07, 6.45) is 5.55. The Morgan fingerprint density at radius 3 is 2.25 bits per heavy atom. The third-order valence-electron chi connectivity index (χ3n) is 5.22. The molecule has 8 nitrogen and oxygen atoms in total. The Hall–Kier alpha value is -2.64. The van der Waals surface area contributed by atoms with Crippen molar-refractivity contribution >= 4 is 12.1 Å². The summed E-state index contributed by atoms with van der Waals surface area (Å²) in [6.45, 7) is 5.50. The Labute approximate surface area is 163 Å². The van der Waals surface area contributed by atoms with E-state index in [0.717, 1.165) is 17.5 Å². The molecule has 2 bridgehead atoms. The van der Waals surface area contributed by atoms with Gasteiger partial charge in [0, 0.05) is 29.5 Å². The van der Waals surface area contributed by atoms with Gasteiger partial charge in [0.25, 0.3) is 0 Å². The third kappa shape index (κ3) is 3.95. The minimum Gasteiger partial charge on any atom is -0.494 e. The van der Waals surface area contributed by atoms with Gasteiger partial charge in [-0.3, -0.25) is 4.57 Å². The number of carboxylic acid groups (broad SMARTS) is 1. The number of nitrogens with one attached hydrogen (secondary N) is 1. The number of carbonyl (C=O) groups is 2. The highest BCUT2D eigenvalue weighted by molar-refractivity contribution is 5.79. The van der Waals surface area contributed by atoms with Crippen LogP contribution in [0.3, 0.4) is 0 Å². The average Bonchev–Trinajstić information content (AvgIpc) is 3.24. The van der Waals surface area contributed by atoms with E-state index in [9.17, 15) is 24.9 Å². The normalized spacial score (nSPS) is 20.8. The maximum Gasteiger partial charge on any atom is 0.408 e. The molecule has 1 amide bonds. The van der Waals surface area contributed by atoms with E-state index in [0.29, 0.717) is 19.4 Å². The van der Waals surface area contributed by atoms with Crippen LogP contribution >= 0.6 is 0 Å². The zero-order valence-corrected chi connectivity index (χ0v) is 16.4. The van der Waals surface area contributed by atoms with E-state index < -0.39 is 23.7 Å². The van der Waals surface area contributed by atoms with Gasteiger partial charge in [0.05, 0.1) is 0 Å². The van der Waals surface area contributed by atoms with Crippen LogP contribution in [0, 0.1) is 0 Å². The van der Waals surface area contributed by atoms with Crippen molar-refractivity contribution in [3.8, 4) is 11.8 Å². The molecule has 0 saturated heterocycles. The second-order valence-corrected chi connectivity index (χ2v) is 8.49. The number of aromatic hydroxyl groups is 2. The number of hydrogen-bond acceptors (Lipinski definition) is 5. The van der Waals surface area contributed by atoms with Crippen molar-refractivity contribution in [1.82, 2.24) is 9.88 Å². The average molecular weight is 392 g/mol. The van der Waals surface area contributed by atoms with Gasteiger partial charge in [-0.15, -0.1) is 0 Å². The molecular weight excluding hydrogens is 364 g/mol. The zero-order chi connectivity index (χ0) is 20.6. The first-order valence-corrected chi connectivity index (χ1v) is 9.63. The van der Waals surface area contributed by atoms with Gasteiger partial charge in [-0.1, -0.05) is 12.2 Å². The number of rotatable bonds is 7. The summed E-state index contributed by atoms with van der Waals surface area (Å²) in [5.74, 6) is -0.584. The van der Waals surface area contributed by atoms with Crippen molar-refractivity contribution < 1.29 is 29.6 Å². The zero-order valence-electron chi connectivity index (χ0n) is 16.4. The van der Waals surface area contributed by atoms with Crippen LogP contribution in [0.1, 0.15) is 69.4 Å². The molecular formula is C20H28N2O6. The van der Waals surface area contributed by atoms with Crippen molar-refractivity contribution in [1.29, 1.82) is 0 Å². The SMILES string of the molecule is CC(C)(C)OC(=O)NC(CCCCn1c(O)c2c(c1O)C1C=CC2C1)C(=O)O. The molecule has 0 fully saturated rings. The predicted molar refractivity (Wildman–Crippen MR) is 102 cm³/mol. The highest BCUT2D eigenvalue weighted by Gasteiger charge is 2.40. The Morgan fingerprint density at radius 1 is 1.18 bits per heavy atom. The minimum atomic E-state index is -1.13. The number of unbranched alkanes of at least 4 members (excludes halogenated alkanes) is 1. The van der Waals surface area contributed by atoms with Gasteiger partial charge in [0.15, 0.2) is 11.8 Å². The molecule has 3 rings (SSSR count). The molecule has 2 aliphatic carbocycles. The fourth-order valence-electron chi connectivity index (χ4n) is 4.03. The number of hydrogen-bond donors (Lipinski definition) is 4. The van der Waals surface area contributed by atoms with Crippen LogP contribution in [0.5, 0.6) is 11.8 Å². The number of aliphatic carboxylic acids is 1. The third-order valence-corrected chi connectivity index (χ3v) is 5.22. The van der Waals surface area contributed by atoms with E-state index in [1.165, 1.54) is 4.57 Å². The van der Waals surface area contributed by atoms with Gasteiger partial charge in [-0.2, -0.15) is 0 Å². The van der Waals surface area contributed by atoms with Crippen LogP contribution in [0.25, 0.3) is 0 Å². The lowest BCUT2D eigenvalue weighted by Crippen LogP contribution is -2.43. The number of carboxylic acids is 1. The quantitative estimate of drug-likeness (QED) is 0.418. The molecule has 154 valence electrons. The lowest BCUT2D eigenvalue weighted by molar-refractivity contribution is -0.139. The Bertz CT molecular complexity index is 769. The minimum absolute atomic E-state index is 0.103. The summed E-state index contributed by atoms with van der Waals surface area (Å²) in [5.41, 5.74) is 0.936. The number of ether oxygens (including phenoxy) is 1. The molecule has 3 atom stereocenters. The fourth-order valence-corrected chi connectivity index (χ4v) is 4.03. The van der Waals surface area contributed by atoms with E-state index in [1.807, 2.05) is 0 Å². The van der Waals surface area contributed by atoms with Crippen LogP contribution in [-0.4, -0.2) is 43.6 Å². The number of carbonyl (C=O) groups excluding carboxylic acids is 1. The highest BCUT2D eigenvalue weighted by atomic mass is 16.6. The van der Waals surface area contributed by atoms with E-state index in [-0.39, 0.29) is 30.0 Å². The van der Waals surface area contributed by atoms with Crippen LogP contribution in [-0.2, 0) is 16.1 Å². The monoisotopic (exact) mass is 392 g/mol. The highest BCUT2D eigenvalue weighted by Crippen LogP contribution is 2.56. The summed E-state index contributed by atoms with van der Waals surface area (Å²) >= 11 is 0. The molecule has 2 aliphatic rings. The summed E-state index contributed by atoms with van der Waals surface area (Å²) < 4.78 is 6.59. The fraction of sp³-hybridized carbons (Fsp3) is 0.600. The first kappa shape index (κ1) is 20.1. The molecule has 28 heavy (non-hydrogen) atoms. The van der Waals surface area contributed by atoms with Crippen molar-refractivity contribution in [3.05, 3.63) is 23.3 Å². The first-order chi connectivity index (χ1) is 13.1. The van der Waals surface area contributed by atoms with Gasteiger partial charge < -0.3 is 25.4 Å². The summed E-state index contributed by atoms with van der Waals surface area (Å²) in [5, 5.41) is 32.6.